The van der Waals surface area contributed by atoms with Gasteiger partial charge in [0.25, 0.3) is 11.7 Å². The molecule has 1 saturated heterocycles. The summed E-state index contributed by atoms with van der Waals surface area (Å²) >= 11 is 6.13. The molecule has 164 valence electrons. The number of rotatable bonds is 6. The van der Waals surface area contributed by atoms with Crippen LogP contribution in [0.25, 0.3) is 5.76 Å². The molecule has 3 aromatic rings. The molecule has 0 radical (unpaired) electrons. The van der Waals surface area contributed by atoms with E-state index in [4.69, 9.17) is 20.8 Å². The third kappa shape index (κ3) is 3.87. The molecule has 1 unspecified atom stereocenters. The van der Waals surface area contributed by atoms with E-state index in [2.05, 4.69) is 0 Å². The van der Waals surface area contributed by atoms with Gasteiger partial charge in [0.2, 0.25) is 0 Å². The highest BCUT2D eigenvalue weighted by molar-refractivity contribution is 6.46. The number of furan rings is 1. The Labute approximate surface area is 188 Å². The first-order chi connectivity index (χ1) is 15.4. The number of hydrogen-bond acceptors (Lipinski definition) is 5. The van der Waals surface area contributed by atoms with Crippen LogP contribution in [-0.4, -0.2) is 28.3 Å². The van der Waals surface area contributed by atoms with Crippen molar-refractivity contribution >= 4 is 29.1 Å². The number of carbonyl (C=O) groups is 2. The van der Waals surface area contributed by atoms with Crippen LogP contribution in [0.4, 0.5) is 4.39 Å². The SMILES string of the molecule is CCOc1cc(/C(O)=C2\C(=O)C(=O)N(Cc3ccco3)C2c2ccccc2F)ccc1Cl. The lowest BCUT2D eigenvalue weighted by Crippen LogP contribution is -2.29. The monoisotopic (exact) mass is 455 g/mol. The Morgan fingerprint density at radius 2 is 1.97 bits per heavy atom. The summed E-state index contributed by atoms with van der Waals surface area (Å²) in [4.78, 5) is 27.1. The van der Waals surface area contributed by atoms with E-state index < -0.39 is 29.3 Å². The summed E-state index contributed by atoms with van der Waals surface area (Å²) in [7, 11) is 0. The lowest BCUT2D eigenvalue weighted by atomic mass is 9.95. The molecule has 0 spiro atoms. The fourth-order valence-corrected chi connectivity index (χ4v) is 3.88. The molecule has 1 aliphatic heterocycles. The van der Waals surface area contributed by atoms with Gasteiger partial charge < -0.3 is 19.2 Å². The minimum Gasteiger partial charge on any atom is -0.507 e. The Morgan fingerprint density at radius 1 is 1.19 bits per heavy atom. The largest absolute Gasteiger partial charge is 0.507 e. The predicted molar refractivity (Wildman–Crippen MR) is 116 cm³/mol. The maximum Gasteiger partial charge on any atom is 0.296 e. The zero-order valence-corrected chi connectivity index (χ0v) is 17.8. The second-order valence-electron chi connectivity index (χ2n) is 7.11. The van der Waals surface area contributed by atoms with Gasteiger partial charge in [-0.05, 0) is 43.3 Å². The van der Waals surface area contributed by atoms with Crippen LogP contribution in [0, 0.1) is 5.82 Å². The zero-order chi connectivity index (χ0) is 22.8. The van der Waals surface area contributed by atoms with Crippen molar-refractivity contribution in [2.75, 3.05) is 6.61 Å². The van der Waals surface area contributed by atoms with E-state index in [1.807, 2.05) is 0 Å². The van der Waals surface area contributed by atoms with Crippen molar-refractivity contribution in [1.29, 1.82) is 0 Å². The number of hydrogen-bond donors (Lipinski definition) is 1. The third-order valence-electron chi connectivity index (χ3n) is 5.15. The minimum absolute atomic E-state index is 0.0713. The fourth-order valence-electron chi connectivity index (χ4n) is 3.71. The summed E-state index contributed by atoms with van der Waals surface area (Å²) in [5.41, 5.74) is 0.0745. The van der Waals surface area contributed by atoms with Gasteiger partial charge in [-0.1, -0.05) is 29.8 Å². The standard InChI is InChI=1S/C24H19ClFNO5/c1-2-31-19-12-14(9-10-17(19)25)22(28)20-21(16-7-3-4-8-18(16)26)27(24(30)23(20)29)13-15-6-5-11-32-15/h3-12,21,28H,2,13H2,1H3/b22-20+. The molecule has 0 aliphatic carbocycles. The van der Waals surface area contributed by atoms with Gasteiger partial charge in [-0.3, -0.25) is 9.59 Å². The molecule has 8 heteroatoms. The number of Topliss-reactive ketones (excluding diaryl/α,β-unsaturated/α-hetero) is 1. The quantitative estimate of drug-likeness (QED) is 0.318. The molecule has 2 aromatic carbocycles. The molecular formula is C24H19ClFNO5. The van der Waals surface area contributed by atoms with Crippen molar-refractivity contribution in [3.8, 4) is 5.75 Å². The number of halogens is 2. The van der Waals surface area contributed by atoms with Crippen molar-refractivity contribution in [3.05, 3.63) is 94.2 Å². The Hall–Kier alpha value is -3.58. The van der Waals surface area contributed by atoms with Gasteiger partial charge in [0.1, 0.15) is 23.1 Å². The average Bonchev–Trinajstić information content (AvgIpc) is 3.38. The molecule has 4 rings (SSSR count). The lowest BCUT2D eigenvalue weighted by Gasteiger charge is -2.24. The first-order valence-electron chi connectivity index (χ1n) is 9.90. The fraction of sp³-hybridized carbons (Fsp3) is 0.167. The zero-order valence-electron chi connectivity index (χ0n) is 17.0. The third-order valence-corrected chi connectivity index (χ3v) is 5.46. The van der Waals surface area contributed by atoms with Gasteiger partial charge in [0.15, 0.2) is 0 Å². The number of benzene rings is 2. The summed E-state index contributed by atoms with van der Waals surface area (Å²) in [5.74, 6) is -2.12. The molecule has 1 aliphatic rings. The highest BCUT2D eigenvalue weighted by Crippen LogP contribution is 2.41. The first kappa shape index (κ1) is 21.6. The van der Waals surface area contributed by atoms with E-state index in [0.717, 1.165) is 0 Å². The number of likely N-dealkylation sites (tertiary alicyclic amines) is 1. The van der Waals surface area contributed by atoms with Gasteiger partial charge in [0, 0.05) is 11.1 Å². The van der Waals surface area contributed by atoms with E-state index in [1.165, 1.54) is 47.6 Å². The molecule has 1 amide bonds. The van der Waals surface area contributed by atoms with Crippen LogP contribution >= 0.6 is 11.6 Å². The molecule has 1 fully saturated rings. The predicted octanol–water partition coefficient (Wildman–Crippen LogP) is 5.09. The molecular weight excluding hydrogens is 437 g/mol. The Kier molecular flexibility index (Phi) is 6.01. The van der Waals surface area contributed by atoms with Crippen molar-refractivity contribution in [2.24, 2.45) is 0 Å². The van der Waals surface area contributed by atoms with Gasteiger partial charge in [-0.25, -0.2) is 4.39 Å². The van der Waals surface area contributed by atoms with Gasteiger partial charge in [0.05, 0.1) is 36.1 Å². The molecule has 2 heterocycles. The van der Waals surface area contributed by atoms with Gasteiger partial charge >= 0.3 is 0 Å². The molecule has 1 aromatic heterocycles. The van der Waals surface area contributed by atoms with Crippen LogP contribution in [0.1, 0.15) is 29.9 Å². The number of carbonyl (C=O) groups excluding carboxylic acids is 2. The summed E-state index contributed by atoms with van der Waals surface area (Å²) in [6.07, 6.45) is 1.44. The lowest BCUT2D eigenvalue weighted by molar-refractivity contribution is -0.140. The van der Waals surface area contributed by atoms with E-state index in [1.54, 1.807) is 25.1 Å². The highest BCUT2D eigenvalue weighted by atomic mass is 35.5. The molecule has 6 nitrogen and oxygen atoms in total. The topological polar surface area (TPSA) is 80.0 Å². The van der Waals surface area contributed by atoms with Crippen molar-refractivity contribution in [1.82, 2.24) is 4.90 Å². The van der Waals surface area contributed by atoms with E-state index >= 15 is 0 Å². The van der Waals surface area contributed by atoms with Gasteiger partial charge in [-0.2, -0.15) is 0 Å². The smallest absolute Gasteiger partial charge is 0.296 e. The first-order valence-corrected chi connectivity index (χ1v) is 10.3. The number of nitrogens with zero attached hydrogens (tertiary/aromatic N) is 1. The summed E-state index contributed by atoms with van der Waals surface area (Å²) in [5, 5.41) is 11.4. The van der Waals surface area contributed by atoms with Crippen LogP contribution in [0.5, 0.6) is 5.75 Å². The van der Waals surface area contributed by atoms with E-state index in [9.17, 15) is 19.1 Å². The highest BCUT2D eigenvalue weighted by Gasteiger charge is 2.47. The maximum absolute atomic E-state index is 14.8. The van der Waals surface area contributed by atoms with Crippen LogP contribution < -0.4 is 4.74 Å². The summed E-state index contributed by atoms with van der Waals surface area (Å²) in [6.45, 7) is 2.05. The second-order valence-corrected chi connectivity index (χ2v) is 7.51. The van der Waals surface area contributed by atoms with Crippen LogP contribution in [0.15, 0.2) is 70.9 Å². The number of aliphatic hydroxyl groups excluding tert-OH is 1. The van der Waals surface area contributed by atoms with Crippen molar-refractivity contribution < 1.29 is 28.2 Å². The van der Waals surface area contributed by atoms with Crippen LogP contribution in [0.2, 0.25) is 5.02 Å². The molecule has 0 bridgehead atoms. The Bertz CT molecular complexity index is 1200. The number of aliphatic hydroxyl groups is 1. The van der Waals surface area contributed by atoms with E-state index in [-0.39, 0.29) is 23.2 Å². The van der Waals surface area contributed by atoms with Crippen molar-refractivity contribution in [3.63, 3.8) is 0 Å². The number of amides is 1. The van der Waals surface area contributed by atoms with Gasteiger partial charge in [-0.15, -0.1) is 0 Å². The second kappa shape index (κ2) is 8.88. The van der Waals surface area contributed by atoms with Crippen LogP contribution in [0.3, 0.4) is 0 Å². The molecule has 32 heavy (non-hydrogen) atoms. The van der Waals surface area contributed by atoms with Crippen LogP contribution in [-0.2, 0) is 16.1 Å². The Balaban J connectivity index is 1.88. The summed E-state index contributed by atoms with van der Waals surface area (Å²) in [6, 6.07) is 12.4. The molecule has 1 atom stereocenters. The average molecular weight is 456 g/mol. The summed E-state index contributed by atoms with van der Waals surface area (Å²) < 4.78 is 25.6. The normalized spacial score (nSPS) is 17.7. The Morgan fingerprint density at radius 3 is 2.66 bits per heavy atom. The minimum atomic E-state index is -1.15. The number of ketones is 1. The van der Waals surface area contributed by atoms with Crippen molar-refractivity contribution in [2.45, 2.75) is 19.5 Å². The molecule has 0 saturated carbocycles. The molecule has 1 N–H and O–H groups in total. The number of ether oxygens (including phenoxy) is 1. The maximum atomic E-state index is 14.8. The van der Waals surface area contributed by atoms with E-state index in [0.29, 0.717) is 23.1 Å².